The smallest absolute Gasteiger partial charge is 0.419 e. The Morgan fingerprint density at radius 1 is 1.35 bits per heavy atom. The first-order valence-electron chi connectivity index (χ1n) is 6.39. The molecule has 0 saturated heterocycles. The van der Waals surface area contributed by atoms with E-state index in [1.165, 1.54) is 6.07 Å². The summed E-state index contributed by atoms with van der Waals surface area (Å²) in [4.78, 5) is 0. The van der Waals surface area contributed by atoms with Crippen LogP contribution in [-0.4, -0.2) is 12.6 Å². The summed E-state index contributed by atoms with van der Waals surface area (Å²) in [6.45, 7) is 4.59. The van der Waals surface area contributed by atoms with Gasteiger partial charge < -0.3 is 10.1 Å². The van der Waals surface area contributed by atoms with Crippen molar-refractivity contribution >= 4 is 0 Å². The van der Waals surface area contributed by atoms with Gasteiger partial charge >= 0.3 is 6.18 Å². The van der Waals surface area contributed by atoms with Crippen LogP contribution in [0.15, 0.2) is 18.2 Å². The fraction of sp³-hybridized carbons (Fsp3) is 0.500. The van der Waals surface area contributed by atoms with Crippen molar-refractivity contribution in [3.8, 4) is 11.8 Å². The quantitative estimate of drug-likeness (QED) is 0.870. The van der Waals surface area contributed by atoms with E-state index in [0.29, 0.717) is 25.1 Å². The lowest BCUT2D eigenvalue weighted by Crippen LogP contribution is -2.17. The van der Waals surface area contributed by atoms with E-state index in [2.05, 4.69) is 5.32 Å². The third kappa shape index (κ3) is 4.42. The van der Waals surface area contributed by atoms with Crippen molar-refractivity contribution in [2.45, 2.75) is 39.1 Å². The summed E-state index contributed by atoms with van der Waals surface area (Å²) in [5.74, 6) is -0.300. The summed E-state index contributed by atoms with van der Waals surface area (Å²) >= 11 is 0. The molecule has 6 heteroatoms. The molecular formula is C14H17F3N2O. The molecule has 0 spiro atoms. The second kappa shape index (κ2) is 7.15. The molecule has 0 saturated carbocycles. The van der Waals surface area contributed by atoms with E-state index >= 15 is 0 Å². The van der Waals surface area contributed by atoms with Crippen molar-refractivity contribution < 1.29 is 17.9 Å². The van der Waals surface area contributed by atoms with Gasteiger partial charge in [-0.05, 0) is 30.7 Å². The molecule has 1 aromatic carbocycles. The minimum Gasteiger partial charge on any atom is -0.475 e. The van der Waals surface area contributed by atoms with Crippen molar-refractivity contribution in [2.24, 2.45) is 0 Å². The number of hydrogen-bond acceptors (Lipinski definition) is 3. The predicted molar refractivity (Wildman–Crippen MR) is 69.1 cm³/mol. The largest absolute Gasteiger partial charge is 0.475 e. The average molecular weight is 286 g/mol. The number of hydrogen-bond donors (Lipinski definition) is 1. The van der Waals surface area contributed by atoms with Crippen molar-refractivity contribution in [1.82, 2.24) is 5.32 Å². The summed E-state index contributed by atoms with van der Waals surface area (Å²) < 4.78 is 44.2. The van der Waals surface area contributed by atoms with Gasteiger partial charge in [0.15, 0.2) is 6.10 Å². The van der Waals surface area contributed by atoms with E-state index in [0.717, 1.165) is 6.07 Å². The van der Waals surface area contributed by atoms with Crippen LogP contribution < -0.4 is 10.1 Å². The molecule has 0 heterocycles. The molecule has 0 radical (unpaired) electrons. The van der Waals surface area contributed by atoms with E-state index in [-0.39, 0.29) is 5.75 Å². The molecule has 1 N–H and O–H groups in total. The maximum Gasteiger partial charge on any atom is 0.419 e. The van der Waals surface area contributed by atoms with Gasteiger partial charge in [-0.3, -0.25) is 0 Å². The zero-order valence-electron chi connectivity index (χ0n) is 11.4. The predicted octanol–water partition coefficient (Wildman–Crippen LogP) is 3.50. The van der Waals surface area contributed by atoms with Crippen molar-refractivity contribution in [3.05, 3.63) is 29.3 Å². The molecule has 20 heavy (non-hydrogen) atoms. The van der Waals surface area contributed by atoms with Crippen molar-refractivity contribution in [2.75, 3.05) is 6.54 Å². The zero-order valence-corrected chi connectivity index (χ0v) is 11.4. The van der Waals surface area contributed by atoms with Gasteiger partial charge in [0.2, 0.25) is 0 Å². The lowest BCUT2D eigenvalue weighted by atomic mass is 10.1. The number of nitrogens with one attached hydrogen (secondary N) is 1. The van der Waals surface area contributed by atoms with Gasteiger partial charge in [-0.2, -0.15) is 18.4 Å². The molecule has 110 valence electrons. The summed E-state index contributed by atoms with van der Waals surface area (Å²) in [5.41, 5.74) is -0.321. The Morgan fingerprint density at radius 3 is 2.55 bits per heavy atom. The molecule has 0 fully saturated rings. The van der Waals surface area contributed by atoms with Crippen LogP contribution in [0.25, 0.3) is 0 Å². The van der Waals surface area contributed by atoms with Crippen LogP contribution in [0.3, 0.4) is 0 Å². The molecule has 0 aliphatic carbocycles. The van der Waals surface area contributed by atoms with Crippen LogP contribution in [0.5, 0.6) is 5.75 Å². The molecule has 0 bridgehead atoms. The first-order valence-corrected chi connectivity index (χ1v) is 6.39. The summed E-state index contributed by atoms with van der Waals surface area (Å²) in [7, 11) is 0. The van der Waals surface area contributed by atoms with Gasteiger partial charge in [-0.1, -0.05) is 19.9 Å². The SMILES string of the molecule is CCNCc1ccc(OC(C#N)CC)c(C(F)(F)F)c1. The van der Waals surface area contributed by atoms with Crippen molar-refractivity contribution in [3.63, 3.8) is 0 Å². The molecular weight excluding hydrogens is 269 g/mol. The summed E-state index contributed by atoms with van der Waals surface area (Å²) in [6.07, 6.45) is -5.06. The van der Waals surface area contributed by atoms with E-state index < -0.39 is 17.8 Å². The number of nitriles is 1. The number of nitrogens with zero attached hydrogens (tertiary/aromatic N) is 1. The summed E-state index contributed by atoms with van der Waals surface area (Å²) in [5, 5.41) is 11.8. The van der Waals surface area contributed by atoms with Gasteiger partial charge in [-0.25, -0.2) is 0 Å². The standard InChI is InChI=1S/C14H17F3N2O/c1-3-11(8-18)20-13-6-5-10(9-19-4-2)7-12(13)14(15,16)17/h5-7,11,19H,3-4,9H2,1-2H3. The minimum absolute atomic E-state index is 0.300. The fourth-order valence-electron chi connectivity index (χ4n) is 1.63. The number of halogens is 3. The van der Waals surface area contributed by atoms with Gasteiger partial charge in [0.25, 0.3) is 0 Å². The molecule has 1 unspecified atom stereocenters. The third-order valence-electron chi connectivity index (χ3n) is 2.71. The van der Waals surface area contributed by atoms with Crippen molar-refractivity contribution in [1.29, 1.82) is 5.26 Å². The highest BCUT2D eigenvalue weighted by Gasteiger charge is 2.35. The Hall–Kier alpha value is -1.74. The highest BCUT2D eigenvalue weighted by molar-refractivity contribution is 5.39. The van der Waals surface area contributed by atoms with Gasteiger partial charge in [0.1, 0.15) is 11.8 Å². The van der Waals surface area contributed by atoms with Crippen LogP contribution in [0, 0.1) is 11.3 Å². The van der Waals surface area contributed by atoms with Crippen LogP contribution in [0.1, 0.15) is 31.4 Å². The Bertz CT molecular complexity index is 480. The molecule has 1 aromatic rings. The molecule has 0 aliphatic rings. The number of benzene rings is 1. The molecule has 1 atom stereocenters. The zero-order chi connectivity index (χ0) is 15.2. The van der Waals surface area contributed by atoms with Crippen LogP contribution in [-0.2, 0) is 12.7 Å². The van der Waals surface area contributed by atoms with Crippen LogP contribution >= 0.6 is 0 Å². The number of alkyl halides is 3. The average Bonchev–Trinajstić information content (AvgIpc) is 2.42. The Labute approximate surface area is 116 Å². The Balaban J connectivity index is 3.08. The molecule has 3 nitrogen and oxygen atoms in total. The van der Waals surface area contributed by atoms with E-state index in [1.54, 1.807) is 13.0 Å². The number of rotatable bonds is 6. The van der Waals surface area contributed by atoms with Gasteiger partial charge in [0, 0.05) is 6.54 Å². The second-order valence-corrected chi connectivity index (χ2v) is 4.25. The van der Waals surface area contributed by atoms with Gasteiger partial charge in [0.05, 0.1) is 5.56 Å². The highest BCUT2D eigenvalue weighted by atomic mass is 19.4. The maximum atomic E-state index is 13.0. The van der Waals surface area contributed by atoms with E-state index in [4.69, 9.17) is 10.00 Å². The summed E-state index contributed by atoms with van der Waals surface area (Å²) in [6, 6.07) is 5.72. The maximum absolute atomic E-state index is 13.0. The molecule has 1 rings (SSSR count). The molecule has 0 aliphatic heterocycles. The highest BCUT2D eigenvalue weighted by Crippen LogP contribution is 2.37. The minimum atomic E-state index is -4.51. The molecule has 0 aromatic heterocycles. The second-order valence-electron chi connectivity index (χ2n) is 4.25. The van der Waals surface area contributed by atoms with E-state index in [9.17, 15) is 13.2 Å². The van der Waals surface area contributed by atoms with Crippen LogP contribution in [0.2, 0.25) is 0 Å². The fourth-order valence-corrected chi connectivity index (χ4v) is 1.63. The van der Waals surface area contributed by atoms with E-state index in [1.807, 2.05) is 13.0 Å². The Kier molecular flexibility index (Phi) is 5.83. The van der Waals surface area contributed by atoms with Gasteiger partial charge in [-0.15, -0.1) is 0 Å². The lowest BCUT2D eigenvalue weighted by molar-refractivity contribution is -0.139. The third-order valence-corrected chi connectivity index (χ3v) is 2.71. The monoisotopic (exact) mass is 286 g/mol. The first kappa shape index (κ1) is 16.3. The topological polar surface area (TPSA) is 45.0 Å². The lowest BCUT2D eigenvalue weighted by Gasteiger charge is -2.17. The normalized spacial score (nSPS) is 12.8. The molecule has 0 amide bonds. The Morgan fingerprint density at radius 2 is 2.05 bits per heavy atom. The first-order chi connectivity index (χ1) is 9.42. The van der Waals surface area contributed by atoms with Crippen LogP contribution in [0.4, 0.5) is 13.2 Å². The number of ether oxygens (including phenoxy) is 1.